The second kappa shape index (κ2) is 3.90. The largest absolute Gasteiger partial charge is 0.300 e. The van der Waals surface area contributed by atoms with Crippen molar-refractivity contribution in [2.45, 2.75) is 6.92 Å². The van der Waals surface area contributed by atoms with Crippen molar-refractivity contribution >= 4 is 17.2 Å². The first-order valence-electron chi connectivity index (χ1n) is 5.44. The summed E-state index contributed by atoms with van der Waals surface area (Å²) in [6.45, 7) is 2.09. The number of aromatic nitrogens is 2. The van der Waals surface area contributed by atoms with Gasteiger partial charge in [-0.3, -0.25) is 4.40 Å². The van der Waals surface area contributed by atoms with E-state index in [9.17, 15) is 0 Å². The number of aryl methyl sites for hydroxylation is 1. The highest BCUT2D eigenvalue weighted by Crippen LogP contribution is 2.23. The number of hydrogen-bond acceptors (Lipinski definition) is 1. The molecule has 17 heavy (non-hydrogen) atoms. The Morgan fingerprint density at radius 1 is 1.18 bits per heavy atom. The molecule has 2 heterocycles. The predicted molar refractivity (Wildman–Crippen MR) is 70.4 cm³/mol. The van der Waals surface area contributed by atoms with E-state index < -0.39 is 0 Å². The van der Waals surface area contributed by atoms with Crippen molar-refractivity contribution in [3.63, 3.8) is 0 Å². The van der Waals surface area contributed by atoms with Gasteiger partial charge in [0.25, 0.3) is 0 Å². The van der Waals surface area contributed by atoms with Crippen molar-refractivity contribution in [1.29, 1.82) is 0 Å². The van der Waals surface area contributed by atoms with Gasteiger partial charge >= 0.3 is 0 Å². The van der Waals surface area contributed by atoms with Gasteiger partial charge in [-0.1, -0.05) is 35.4 Å². The van der Waals surface area contributed by atoms with E-state index in [4.69, 9.17) is 11.6 Å². The van der Waals surface area contributed by atoms with Gasteiger partial charge in [0.15, 0.2) is 0 Å². The fourth-order valence-corrected chi connectivity index (χ4v) is 2.13. The summed E-state index contributed by atoms with van der Waals surface area (Å²) >= 11 is 5.95. The van der Waals surface area contributed by atoms with Gasteiger partial charge in [-0.05, 0) is 19.1 Å². The molecule has 0 aliphatic carbocycles. The van der Waals surface area contributed by atoms with E-state index in [-0.39, 0.29) is 0 Å². The van der Waals surface area contributed by atoms with Crippen LogP contribution in [0.5, 0.6) is 0 Å². The number of fused-ring (bicyclic) bond motifs is 1. The zero-order valence-corrected chi connectivity index (χ0v) is 10.1. The maximum atomic E-state index is 5.95. The zero-order chi connectivity index (χ0) is 11.8. The molecular formula is C14H11ClN2. The Hall–Kier alpha value is -1.80. The minimum Gasteiger partial charge on any atom is -0.300 e. The third kappa shape index (κ3) is 1.81. The minimum atomic E-state index is 0.707. The smallest absolute Gasteiger partial charge is 0.138 e. The Balaban J connectivity index is 2.24. The highest BCUT2D eigenvalue weighted by Gasteiger charge is 2.05. The number of rotatable bonds is 1. The highest BCUT2D eigenvalue weighted by molar-refractivity contribution is 6.30. The van der Waals surface area contributed by atoms with E-state index in [2.05, 4.69) is 36.2 Å². The Morgan fingerprint density at radius 2 is 2.06 bits per heavy atom. The molecule has 2 nitrogen and oxygen atoms in total. The standard InChI is InChI=1S/C14H11ClN2/c1-10-3-2-4-11(7-10)13-9-16-14-8-12(15)5-6-17(13)14/h2-9H,1H3. The topological polar surface area (TPSA) is 17.3 Å². The van der Waals surface area contributed by atoms with Crippen LogP contribution in [-0.2, 0) is 0 Å². The van der Waals surface area contributed by atoms with Crippen molar-refractivity contribution in [1.82, 2.24) is 9.38 Å². The van der Waals surface area contributed by atoms with Crippen LogP contribution in [0.2, 0.25) is 5.02 Å². The van der Waals surface area contributed by atoms with E-state index in [1.54, 1.807) is 0 Å². The first kappa shape index (κ1) is 10.4. The number of benzene rings is 1. The maximum absolute atomic E-state index is 5.95. The molecule has 0 aliphatic rings. The Bertz CT molecular complexity index is 686. The number of hydrogen-bond donors (Lipinski definition) is 0. The van der Waals surface area contributed by atoms with E-state index >= 15 is 0 Å². The third-order valence-corrected chi connectivity index (χ3v) is 3.02. The van der Waals surface area contributed by atoms with Gasteiger partial charge in [-0.15, -0.1) is 0 Å². The van der Waals surface area contributed by atoms with Crippen LogP contribution in [0.1, 0.15) is 5.56 Å². The molecule has 0 fully saturated rings. The predicted octanol–water partition coefficient (Wildman–Crippen LogP) is 3.96. The summed E-state index contributed by atoms with van der Waals surface area (Å²) in [5.74, 6) is 0. The van der Waals surface area contributed by atoms with Crippen LogP contribution in [0.15, 0.2) is 48.8 Å². The van der Waals surface area contributed by atoms with Crippen LogP contribution < -0.4 is 0 Å². The normalized spacial score (nSPS) is 10.9. The molecular weight excluding hydrogens is 232 g/mol. The summed E-state index contributed by atoms with van der Waals surface area (Å²) < 4.78 is 2.04. The molecule has 0 atom stereocenters. The summed E-state index contributed by atoms with van der Waals surface area (Å²) in [4.78, 5) is 4.36. The number of pyridine rings is 1. The first-order chi connectivity index (χ1) is 8.24. The maximum Gasteiger partial charge on any atom is 0.138 e. The molecule has 0 amide bonds. The second-order valence-electron chi connectivity index (χ2n) is 4.09. The molecule has 0 unspecified atom stereocenters. The van der Waals surface area contributed by atoms with Gasteiger partial charge in [-0.25, -0.2) is 4.98 Å². The lowest BCUT2D eigenvalue weighted by Gasteiger charge is -2.03. The molecule has 0 saturated heterocycles. The second-order valence-corrected chi connectivity index (χ2v) is 4.52. The lowest BCUT2D eigenvalue weighted by atomic mass is 10.1. The van der Waals surface area contributed by atoms with Crippen molar-refractivity contribution < 1.29 is 0 Å². The summed E-state index contributed by atoms with van der Waals surface area (Å²) in [6.07, 6.45) is 3.82. The lowest BCUT2D eigenvalue weighted by molar-refractivity contribution is 1.19. The fourth-order valence-electron chi connectivity index (χ4n) is 1.97. The average molecular weight is 243 g/mol. The fraction of sp³-hybridized carbons (Fsp3) is 0.0714. The van der Waals surface area contributed by atoms with Crippen LogP contribution in [0.4, 0.5) is 0 Å². The van der Waals surface area contributed by atoms with Crippen molar-refractivity contribution in [3.8, 4) is 11.3 Å². The van der Waals surface area contributed by atoms with Crippen LogP contribution >= 0.6 is 11.6 Å². The first-order valence-corrected chi connectivity index (χ1v) is 5.81. The molecule has 3 heteroatoms. The van der Waals surface area contributed by atoms with Crippen molar-refractivity contribution in [2.75, 3.05) is 0 Å². The van der Waals surface area contributed by atoms with Gasteiger partial charge in [-0.2, -0.15) is 0 Å². The van der Waals surface area contributed by atoms with Gasteiger partial charge in [0.1, 0.15) is 5.65 Å². The molecule has 0 spiro atoms. The van der Waals surface area contributed by atoms with Crippen LogP contribution in [0.3, 0.4) is 0 Å². The Morgan fingerprint density at radius 3 is 2.88 bits per heavy atom. The third-order valence-electron chi connectivity index (χ3n) is 2.79. The number of nitrogens with zero attached hydrogens (tertiary/aromatic N) is 2. The highest BCUT2D eigenvalue weighted by atomic mass is 35.5. The quantitative estimate of drug-likeness (QED) is 0.631. The van der Waals surface area contributed by atoms with Crippen LogP contribution in [0.25, 0.3) is 16.9 Å². The molecule has 84 valence electrons. The van der Waals surface area contributed by atoms with E-state index in [0.29, 0.717) is 5.02 Å². The Kier molecular flexibility index (Phi) is 2.37. The summed E-state index contributed by atoms with van der Waals surface area (Å²) in [6, 6.07) is 12.1. The lowest BCUT2D eigenvalue weighted by Crippen LogP contribution is -1.87. The van der Waals surface area contributed by atoms with E-state index in [1.807, 2.05) is 28.9 Å². The summed E-state index contributed by atoms with van der Waals surface area (Å²) in [5.41, 5.74) is 4.36. The summed E-state index contributed by atoms with van der Waals surface area (Å²) in [7, 11) is 0. The molecule has 0 N–H and O–H groups in total. The van der Waals surface area contributed by atoms with Gasteiger partial charge in [0.05, 0.1) is 11.9 Å². The molecule has 0 bridgehead atoms. The van der Waals surface area contributed by atoms with E-state index in [0.717, 1.165) is 11.3 Å². The van der Waals surface area contributed by atoms with Gasteiger partial charge in [0, 0.05) is 22.8 Å². The molecule has 2 aromatic heterocycles. The molecule has 3 aromatic rings. The average Bonchev–Trinajstić information content (AvgIpc) is 2.71. The number of halogens is 1. The van der Waals surface area contributed by atoms with Crippen LogP contribution in [0, 0.1) is 6.92 Å². The van der Waals surface area contributed by atoms with Crippen LogP contribution in [-0.4, -0.2) is 9.38 Å². The van der Waals surface area contributed by atoms with Crippen molar-refractivity contribution in [2.24, 2.45) is 0 Å². The molecule has 3 rings (SSSR count). The number of imidazole rings is 1. The van der Waals surface area contributed by atoms with Gasteiger partial charge in [0.2, 0.25) is 0 Å². The SMILES string of the molecule is Cc1cccc(-c2cnc3cc(Cl)ccn23)c1. The molecule has 0 saturated carbocycles. The zero-order valence-electron chi connectivity index (χ0n) is 9.39. The molecule has 0 radical (unpaired) electrons. The Labute approximate surface area is 104 Å². The molecule has 0 aliphatic heterocycles. The van der Waals surface area contributed by atoms with E-state index in [1.165, 1.54) is 11.1 Å². The summed E-state index contributed by atoms with van der Waals surface area (Å²) in [5, 5.41) is 0.707. The minimum absolute atomic E-state index is 0.707. The molecule has 1 aromatic carbocycles. The van der Waals surface area contributed by atoms with Crippen molar-refractivity contribution in [3.05, 3.63) is 59.4 Å². The van der Waals surface area contributed by atoms with Gasteiger partial charge < -0.3 is 0 Å². The monoisotopic (exact) mass is 242 g/mol.